The predicted molar refractivity (Wildman–Crippen MR) is 115 cm³/mol. The smallest absolute Gasteiger partial charge is 0.296 e. The van der Waals surface area contributed by atoms with Gasteiger partial charge >= 0.3 is 0 Å². The van der Waals surface area contributed by atoms with Crippen molar-refractivity contribution in [2.24, 2.45) is 10.2 Å². The molecule has 0 aliphatic carbocycles. The number of fused-ring (bicyclic) bond motifs is 1. The lowest BCUT2D eigenvalue weighted by Gasteiger charge is -2.20. The fourth-order valence-corrected chi connectivity index (χ4v) is 4.43. The number of nitrogens with zero attached hydrogens (tertiary/aromatic N) is 3. The molecule has 0 saturated heterocycles. The first-order chi connectivity index (χ1) is 14.3. The van der Waals surface area contributed by atoms with Crippen LogP contribution in [0.4, 0.5) is 17.1 Å². The lowest BCUT2D eigenvalue weighted by atomic mass is 10.0. The quantitative estimate of drug-likeness (QED) is 0.379. The number of hydrogen-bond donors (Lipinski definition) is 3. The molecule has 0 spiro atoms. The first kappa shape index (κ1) is 22.6. The summed E-state index contributed by atoms with van der Waals surface area (Å²) >= 11 is 0. The summed E-state index contributed by atoms with van der Waals surface area (Å²) in [6.45, 7) is 1.73. The van der Waals surface area contributed by atoms with E-state index < -0.39 is 35.8 Å². The molecule has 164 valence electrons. The Hall–Kier alpha value is -3.06. The average Bonchev–Trinajstić information content (AvgIpc) is 2.63. The number of phenolic OH excluding ortho intramolecular Hbond substituents is 1. The summed E-state index contributed by atoms with van der Waals surface area (Å²) in [5, 5.41) is 19.1. The number of hydrogen-bond acceptors (Lipinski definition) is 8. The number of rotatable bonds is 5. The van der Waals surface area contributed by atoms with Crippen LogP contribution >= 0.6 is 0 Å². The van der Waals surface area contributed by atoms with Crippen LogP contribution < -0.4 is 4.90 Å². The minimum absolute atomic E-state index is 0.126. The van der Waals surface area contributed by atoms with Gasteiger partial charge in [0.05, 0.1) is 16.0 Å². The Morgan fingerprint density at radius 2 is 1.55 bits per heavy atom. The Labute approximate surface area is 179 Å². The number of aryl methyl sites for hydroxylation is 1. The second-order valence-corrected chi connectivity index (χ2v) is 9.75. The maximum Gasteiger partial charge on any atom is 0.296 e. The molecule has 0 radical (unpaired) electrons. The monoisotopic (exact) mass is 465 g/mol. The summed E-state index contributed by atoms with van der Waals surface area (Å²) < 4.78 is 65.1. The maximum absolute atomic E-state index is 11.6. The van der Waals surface area contributed by atoms with E-state index in [9.17, 15) is 31.0 Å². The Morgan fingerprint density at radius 3 is 2.13 bits per heavy atom. The van der Waals surface area contributed by atoms with Gasteiger partial charge in [-0.25, -0.2) is 0 Å². The van der Waals surface area contributed by atoms with E-state index in [1.807, 2.05) is 0 Å². The fourth-order valence-electron chi connectivity index (χ4n) is 3.27. The highest BCUT2D eigenvalue weighted by Crippen LogP contribution is 2.44. The topological polar surface area (TPSA) is 157 Å². The normalized spacial score (nSPS) is 12.5. The maximum atomic E-state index is 11.6. The Kier molecular flexibility index (Phi) is 5.76. The summed E-state index contributed by atoms with van der Waals surface area (Å²) in [7, 11) is -5.67. The molecule has 0 heterocycles. The van der Waals surface area contributed by atoms with Gasteiger partial charge in [0.25, 0.3) is 20.2 Å². The van der Waals surface area contributed by atoms with Gasteiger partial charge in [0.2, 0.25) is 0 Å². The second-order valence-electron chi connectivity index (χ2n) is 6.94. The van der Waals surface area contributed by atoms with Crippen LogP contribution in [-0.4, -0.2) is 45.1 Å². The first-order valence-electron chi connectivity index (χ1n) is 8.74. The van der Waals surface area contributed by atoms with Gasteiger partial charge in [-0.15, -0.1) is 10.2 Å². The van der Waals surface area contributed by atoms with Gasteiger partial charge in [0.1, 0.15) is 22.0 Å². The average molecular weight is 466 g/mol. The molecule has 0 aromatic heterocycles. The summed E-state index contributed by atoms with van der Waals surface area (Å²) in [4.78, 5) is 0.766. The molecule has 0 unspecified atom stereocenters. The Balaban J connectivity index is 2.36. The molecule has 31 heavy (non-hydrogen) atoms. The zero-order valence-corrected chi connectivity index (χ0v) is 18.3. The van der Waals surface area contributed by atoms with E-state index >= 15 is 0 Å². The Bertz CT molecular complexity index is 1430. The summed E-state index contributed by atoms with van der Waals surface area (Å²) in [6, 6.07) is 9.12. The van der Waals surface area contributed by atoms with Crippen LogP contribution in [0.1, 0.15) is 5.56 Å². The zero-order chi connectivity index (χ0) is 23.1. The standard InChI is InChI=1S/C19H19N3O7S2/c1-11-8-12-9-13(30(24,25)26)10-15(23)17(12)18(19(11)22(2)3)21-20-14-6-4-5-7-16(14)31(27,28)29/h4-10,23H,1-3H3,(H,24,25,26)(H,27,28,29). The van der Waals surface area contributed by atoms with Crippen LogP contribution in [0.25, 0.3) is 10.8 Å². The molecule has 0 saturated carbocycles. The molecule has 0 aliphatic rings. The highest BCUT2D eigenvalue weighted by Gasteiger charge is 2.21. The second kappa shape index (κ2) is 7.89. The lowest BCUT2D eigenvalue weighted by molar-refractivity contribution is 0.471. The van der Waals surface area contributed by atoms with E-state index in [0.29, 0.717) is 11.3 Å². The molecule has 0 aliphatic heterocycles. The zero-order valence-electron chi connectivity index (χ0n) is 16.7. The lowest BCUT2D eigenvalue weighted by Crippen LogP contribution is -2.10. The summed E-state index contributed by atoms with van der Waals surface area (Å²) in [5.41, 5.74) is 1.21. The molecule has 0 fully saturated rings. The molecule has 10 nitrogen and oxygen atoms in total. The number of benzene rings is 3. The van der Waals surface area contributed by atoms with E-state index in [4.69, 9.17) is 0 Å². The minimum Gasteiger partial charge on any atom is -0.507 e. The van der Waals surface area contributed by atoms with Crippen molar-refractivity contribution in [3.63, 3.8) is 0 Å². The van der Waals surface area contributed by atoms with Crippen LogP contribution in [0.15, 0.2) is 62.5 Å². The highest BCUT2D eigenvalue weighted by atomic mass is 32.2. The SMILES string of the molecule is Cc1cc2cc(S(=O)(=O)O)cc(O)c2c(N=Nc2ccccc2S(=O)(=O)O)c1N(C)C. The van der Waals surface area contributed by atoms with Gasteiger partial charge in [-0.3, -0.25) is 9.11 Å². The van der Waals surface area contributed by atoms with Gasteiger partial charge in [0, 0.05) is 20.2 Å². The highest BCUT2D eigenvalue weighted by molar-refractivity contribution is 7.86. The molecule has 0 amide bonds. The minimum atomic E-state index is -4.57. The summed E-state index contributed by atoms with van der Waals surface area (Å²) in [5.74, 6) is -0.467. The van der Waals surface area contributed by atoms with Crippen molar-refractivity contribution in [2.75, 3.05) is 19.0 Å². The molecular formula is C19H19N3O7S2. The third kappa shape index (κ3) is 4.51. The summed E-state index contributed by atoms with van der Waals surface area (Å²) in [6.07, 6.45) is 0. The fraction of sp³-hybridized carbons (Fsp3) is 0.158. The number of azo groups is 1. The van der Waals surface area contributed by atoms with E-state index in [1.165, 1.54) is 30.3 Å². The van der Waals surface area contributed by atoms with Crippen molar-refractivity contribution >= 4 is 48.1 Å². The van der Waals surface area contributed by atoms with Gasteiger partial charge < -0.3 is 10.0 Å². The number of phenols is 1. The largest absolute Gasteiger partial charge is 0.507 e. The molecule has 0 atom stereocenters. The van der Waals surface area contributed by atoms with Crippen molar-refractivity contribution in [1.29, 1.82) is 0 Å². The molecule has 0 bridgehead atoms. The van der Waals surface area contributed by atoms with Gasteiger partial charge in [-0.1, -0.05) is 12.1 Å². The molecule has 3 N–H and O–H groups in total. The molecule has 3 rings (SSSR count). The van der Waals surface area contributed by atoms with Crippen LogP contribution in [0.3, 0.4) is 0 Å². The van der Waals surface area contributed by atoms with Crippen molar-refractivity contribution < 1.29 is 31.0 Å². The van der Waals surface area contributed by atoms with E-state index in [1.54, 1.807) is 32.0 Å². The van der Waals surface area contributed by atoms with E-state index in [2.05, 4.69) is 10.2 Å². The number of anilines is 1. The van der Waals surface area contributed by atoms with E-state index in [-0.39, 0.29) is 22.1 Å². The van der Waals surface area contributed by atoms with Gasteiger partial charge in [-0.2, -0.15) is 16.8 Å². The Morgan fingerprint density at radius 1 is 0.903 bits per heavy atom. The molecular weight excluding hydrogens is 446 g/mol. The number of aromatic hydroxyl groups is 1. The third-order valence-electron chi connectivity index (χ3n) is 4.47. The third-order valence-corrected chi connectivity index (χ3v) is 6.21. The van der Waals surface area contributed by atoms with Crippen molar-refractivity contribution in [1.82, 2.24) is 0 Å². The molecule has 3 aromatic rings. The van der Waals surface area contributed by atoms with Crippen LogP contribution in [0.5, 0.6) is 5.75 Å². The van der Waals surface area contributed by atoms with Crippen LogP contribution in [0.2, 0.25) is 0 Å². The first-order valence-corrected chi connectivity index (χ1v) is 11.6. The van der Waals surface area contributed by atoms with Crippen LogP contribution in [0, 0.1) is 6.92 Å². The van der Waals surface area contributed by atoms with Crippen LogP contribution in [-0.2, 0) is 20.2 Å². The van der Waals surface area contributed by atoms with Gasteiger partial charge in [-0.05, 0) is 42.1 Å². The van der Waals surface area contributed by atoms with E-state index in [0.717, 1.165) is 6.07 Å². The van der Waals surface area contributed by atoms with Crippen molar-refractivity contribution in [2.45, 2.75) is 16.7 Å². The molecule has 12 heteroatoms. The van der Waals surface area contributed by atoms with Crippen molar-refractivity contribution in [3.8, 4) is 5.75 Å². The van der Waals surface area contributed by atoms with Crippen molar-refractivity contribution in [3.05, 3.63) is 48.0 Å². The van der Waals surface area contributed by atoms with Gasteiger partial charge in [0.15, 0.2) is 0 Å². The predicted octanol–water partition coefficient (Wildman–Crippen LogP) is 3.83. The molecule has 3 aromatic carbocycles.